The summed E-state index contributed by atoms with van der Waals surface area (Å²) in [6, 6.07) is 6.68. The third-order valence-corrected chi connectivity index (χ3v) is 2.26. The van der Waals surface area contributed by atoms with E-state index in [1.165, 1.54) is 0 Å². The zero-order valence-electron chi connectivity index (χ0n) is 7.36. The second-order valence-corrected chi connectivity index (χ2v) is 3.64. The lowest BCUT2D eigenvalue weighted by Gasteiger charge is -2.10. The second kappa shape index (κ2) is 2.92. The Bertz CT molecular complexity index is 290. The largest absolute Gasteiger partial charge is 0.508 e. The minimum absolute atomic E-state index is 0.0854. The Hall–Kier alpha value is -1.22. The van der Waals surface area contributed by atoms with Crippen molar-refractivity contribution in [1.29, 1.82) is 0 Å². The van der Waals surface area contributed by atoms with E-state index in [1.807, 2.05) is 0 Å². The average molecular weight is 179 g/mol. The lowest BCUT2D eigenvalue weighted by molar-refractivity contribution is 0.279. The summed E-state index contributed by atoms with van der Waals surface area (Å²) in [6.07, 6.45) is 2.09. The van der Waals surface area contributed by atoms with E-state index in [0.29, 0.717) is 6.61 Å². The molecule has 3 nitrogen and oxygen atoms in total. The van der Waals surface area contributed by atoms with Crippen LogP contribution in [0.3, 0.4) is 0 Å². The van der Waals surface area contributed by atoms with Crippen molar-refractivity contribution in [3.05, 3.63) is 24.3 Å². The van der Waals surface area contributed by atoms with Gasteiger partial charge in [-0.25, -0.2) is 0 Å². The molecule has 1 aromatic carbocycles. The zero-order valence-corrected chi connectivity index (χ0v) is 7.36. The Labute approximate surface area is 77.1 Å². The molecule has 0 spiro atoms. The fraction of sp³-hybridized carbons (Fsp3) is 0.400. The molecule has 0 unspecified atom stereocenters. The molecule has 1 aliphatic carbocycles. The smallest absolute Gasteiger partial charge is 0.119 e. The average Bonchev–Trinajstić information content (AvgIpc) is 2.84. The molecule has 1 aliphatic rings. The molecule has 2 rings (SSSR count). The van der Waals surface area contributed by atoms with Crippen molar-refractivity contribution in [2.45, 2.75) is 18.4 Å². The molecule has 0 radical (unpaired) electrons. The van der Waals surface area contributed by atoms with Gasteiger partial charge >= 0.3 is 0 Å². The highest BCUT2D eigenvalue weighted by atomic mass is 16.5. The number of phenols is 1. The van der Waals surface area contributed by atoms with E-state index in [9.17, 15) is 0 Å². The Morgan fingerprint density at radius 3 is 2.46 bits per heavy atom. The van der Waals surface area contributed by atoms with Gasteiger partial charge in [0.15, 0.2) is 0 Å². The predicted octanol–water partition coefficient (Wildman–Crippen LogP) is 1.26. The number of hydrogen-bond acceptors (Lipinski definition) is 3. The Kier molecular flexibility index (Phi) is 1.88. The minimum Gasteiger partial charge on any atom is -0.508 e. The van der Waals surface area contributed by atoms with Gasteiger partial charge in [0, 0.05) is 0 Å². The van der Waals surface area contributed by atoms with Crippen LogP contribution >= 0.6 is 0 Å². The van der Waals surface area contributed by atoms with Crippen molar-refractivity contribution < 1.29 is 9.84 Å². The molecule has 0 aliphatic heterocycles. The van der Waals surface area contributed by atoms with Crippen LogP contribution in [-0.4, -0.2) is 17.3 Å². The number of nitrogens with two attached hydrogens (primary N) is 1. The summed E-state index contributed by atoms with van der Waals surface area (Å²) in [7, 11) is 0. The van der Waals surface area contributed by atoms with Gasteiger partial charge in [0.25, 0.3) is 0 Å². The predicted molar refractivity (Wildman–Crippen MR) is 49.8 cm³/mol. The number of hydrogen-bond donors (Lipinski definition) is 2. The fourth-order valence-electron chi connectivity index (χ4n) is 1.07. The lowest BCUT2D eigenvalue weighted by atomic mass is 10.3. The first-order chi connectivity index (χ1) is 6.18. The number of phenolic OH excluding ortho intramolecular Hbond substituents is 1. The maximum Gasteiger partial charge on any atom is 0.119 e. The Balaban J connectivity index is 1.91. The van der Waals surface area contributed by atoms with Crippen LogP contribution in [0.15, 0.2) is 24.3 Å². The van der Waals surface area contributed by atoms with Crippen molar-refractivity contribution in [1.82, 2.24) is 0 Å². The lowest BCUT2D eigenvalue weighted by Crippen LogP contribution is -2.29. The number of benzene rings is 1. The van der Waals surface area contributed by atoms with E-state index < -0.39 is 0 Å². The van der Waals surface area contributed by atoms with Gasteiger partial charge in [-0.15, -0.1) is 0 Å². The highest BCUT2D eigenvalue weighted by Gasteiger charge is 2.39. The summed E-state index contributed by atoms with van der Waals surface area (Å²) < 4.78 is 5.45. The molecular weight excluding hydrogens is 166 g/mol. The van der Waals surface area contributed by atoms with E-state index in [1.54, 1.807) is 24.3 Å². The molecule has 13 heavy (non-hydrogen) atoms. The van der Waals surface area contributed by atoms with Crippen LogP contribution in [0.1, 0.15) is 12.8 Å². The minimum atomic E-state index is -0.0854. The van der Waals surface area contributed by atoms with Crippen molar-refractivity contribution in [2.24, 2.45) is 5.73 Å². The highest BCUT2D eigenvalue weighted by Crippen LogP contribution is 2.32. The molecule has 1 saturated carbocycles. The zero-order chi connectivity index (χ0) is 9.31. The van der Waals surface area contributed by atoms with Gasteiger partial charge in [-0.1, -0.05) is 0 Å². The van der Waals surface area contributed by atoms with Crippen molar-refractivity contribution in [3.63, 3.8) is 0 Å². The van der Waals surface area contributed by atoms with E-state index in [4.69, 9.17) is 15.6 Å². The van der Waals surface area contributed by atoms with Crippen LogP contribution in [0.4, 0.5) is 0 Å². The monoisotopic (exact) mass is 179 g/mol. The van der Waals surface area contributed by atoms with Gasteiger partial charge < -0.3 is 15.6 Å². The first-order valence-electron chi connectivity index (χ1n) is 4.39. The topological polar surface area (TPSA) is 55.5 Å². The molecule has 0 heterocycles. The summed E-state index contributed by atoms with van der Waals surface area (Å²) in [5, 5.41) is 9.02. The number of rotatable bonds is 3. The van der Waals surface area contributed by atoms with Gasteiger partial charge in [-0.3, -0.25) is 0 Å². The molecule has 70 valence electrons. The maximum absolute atomic E-state index is 9.02. The van der Waals surface area contributed by atoms with E-state index in [0.717, 1.165) is 18.6 Å². The molecule has 3 N–H and O–H groups in total. The van der Waals surface area contributed by atoms with Crippen LogP contribution in [0, 0.1) is 0 Å². The van der Waals surface area contributed by atoms with Crippen LogP contribution < -0.4 is 10.5 Å². The van der Waals surface area contributed by atoms with Crippen LogP contribution in [0.5, 0.6) is 11.5 Å². The summed E-state index contributed by atoms with van der Waals surface area (Å²) in [5.41, 5.74) is 5.76. The van der Waals surface area contributed by atoms with Crippen LogP contribution in [0.25, 0.3) is 0 Å². The molecular formula is C10H13NO2. The standard InChI is InChI=1S/C10H13NO2/c11-10(5-6-10)7-13-9-3-1-8(12)2-4-9/h1-4,12H,5-7,11H2. The van der Waals surface area contributed by atoms with E-state index >= 15 is 0 Å². The number of ether oxygens (including phenoxy) is 1. The van der Waals surface area contributed by atoms with Gasteiger partial charge in [-0.2, -0.15) is 0 Å². The molecule has 0 atom stereocenters. The molecule has 1 fully saturated rings. The van der Waals surface area contributed by atoms with E-state index in [2.05, 4.69) is 0 Å². The quantitative estimate of drug-likeness (QED) is 0.734. The molecule has 3 heteroatoms. The van der Waals surface area contributed by atoms with Crippen molar-refractivity contribution in [3.8, 4) is 11.5 Å². The van der Waals surface area contributed by atoms with E-state index in [-0.39, 0.29) is 11.3 Å². The normalized spacial score (nSPS) is 18.2. The fourth-order valence-corrected chi connectivity index (χ4v) is 1.07. The van der Waals surface area contributed by atoms with Crippen molar-refractivity contribution in [2.75, 3.05) is 6.61 Å². The second-order valence-electron chi connectivity index (χ2n) is 3.64. The molecule has 1 aromatic rings. The molecule has 0 amide bonds. The van der Waals surface area contributed by atoms with Gasteiger partial charge in [-0.05, 0) is 37.1 Å². The SMILES string of the molecule is NC1(COc2ccc(O)cc2)CC1. The first kappa shape index (κ1) is 8.38. The molecule has 0 saturated heterocycles. The Morgan fingerprint density at radius 2 is 1.92 bits per heavy atom. The summed E-state index contributed by atoms with van der Waals surface area (Å²) in [4.78, 5) is 0. The molecule has 0 aromatic heterocycles. The Morgan fingerprint density at radius 1 is 1.31 bits per heavy atom. The van der Waals surface area contributed by atoms with Gasteiger partial charge in [0.05, 0.1) is 5.54 Å². The van der Waals surface area contributed by atoms with Gasteiger partial charge in [0.1, 0.15) is 18.1 Å². The third-order valence-electron chi connectivity index (χ3n) is 2.26. The summed E-state index contributed by atoms with van der Waals surface area (Å²) in [5.74, 6) is 1.01. The molecule has 0 bridgehead atoms. The maximum atomic E-state index is 9.02. The third kappa shape index (κ3) is 2.12. The van der Waals surface area contributed by atoms with Crippen LogP contribution in [-0.2, 0) is 0 Å². The van der Waals surface area contributed by atoms with Crippen molar-refractivity contribution >= 4 is 0 Å². The first-order valence-corrected chi connectivity index (χ1v) is 4.39. The number of aromatic hydroxyl groups is 1. The summed E-state index contributed by atoms with van der Waals surface area (Å²) >= 11 is 0. The van der Waals surface area contributed by atoms with Crippen LogP contribution in [0.2, 0.25) is 0 Å². The van der Waals surface area contributed by atoms with Gasteiger partial charge in [0.2, 0.25) is 0 Å². The summed E-state index contributed by atoms with van der Waals surface area (Å²) in [6.45, 7) is 0.567. The highest BCUT2D eigenvalue weighted by molar-refractivity contribution is 5.30.